The van der Waals surface area contributed by atoms with E-state index in [0.29, 0.717) is 18.2 Å². The van der Waals surface area contributed by atoms with Crippen LogP contribution in [0.25, 0.3) is 0 Å². The van der Waals surface area contributed by atoms with Crippen molar-refractivity contribution in [3.8, 4) is 0 Å². The van der Waals surface area contributed by atoms with Gasteiger partial charge in [0.1, 0.15) is 0 Å². The topological polar surface area (TPSA) is 32.3 Å². The molecule has 1 aliphatic rings. The van der Waals surface area contributed by atoms with Crippen molar-refractivity contribution in [2.45, 2.75) is 19.3 Å². The largest absolute Gasteiger partial charge is 0.342 e. The fourth-order valence-corrected chi connectivity index (χ4v) is 3.06. The first-order chi connectivity index (χ1) is 9.19. The summed E-state index contributed by atoms with van der Waals surface area (Å²) in [6, 6.07) is 8.18. The molecule has 1 amide bonds. The molecule has 0 bridgehead atoms. The Hall–Kier alpha value is -0.580. The molecule has 1 aromatic carbocycles. The molecule has 1 aliphatic heterocycles. The molecular weight excluding hydrogens is 340 g/mol. The van der Waals surface area contributed by atoms with Gasteiger partial charge < -0.3 is 10.2 Å². The average molecular weight is 362 g/mol. The van der Waals surface area contributed by atoms with Gasteiger partial charge in [-0.1, -0.05) is 28.1 Å². The van der Waals surface area contributed by atoms with Crippen LogP contribution in [0.1, 0.15) is 18.4 Å². The van der Waals surface area contributed by atoms with Crippen LogP contribution in [0.4, 0.5) is 0 Å². The van der Waals surface area contributed by atoms with E-state index in [9.17, 15) is 4.79 Å². The highest BCUT2D eigenvalue weighted by molar-refractivity contribution is 9.10. The first kappa shape index (κ1) is 17.5. The van der Waals surface area contributed by atoms with Crippen LogP contribution in [0.2, 0.25) is 0 Å². The Labute approximate surface area is 135 Å². The molecular formula is C15H22BrClN2O. The molecule has 2 rings (SSSR count). The van der Waals surface area contributed by atoms with E-state index in [-0.39, 0.29) is 12.4 Å². The van der Waals surface area contributed by atoms with Crippen LogP contribution in [0.5, 0.6) is 0 Å². The monoisotopic (exact) mass is 360 g/mol. The summed E-state index contributed by atoms with van der Waals surface area (Å²) < 4.78 is 1.08. The summed E-state index contributed by atoms with van der Waals surface area (Å²) in [6.45, 7) is 2.84. The van der Waals surface area contributed by atoms with E-state index >= 15 is 0 Å². The SMILES string of the molecule is CNCC1CCN(C(=O)CCc2cccc(Br)c2)C1.Cl. The van der Waals surface area contributed by atoms with Gasteiger partial charge in [0.2, 0.25) is 5.91 Å². The first-order valence-corrected chi connectivity index (χ1v) is 7.65. The number of carbonyl (C=O) groups is 1. The molecule has 0 radical (unpaired) electrons. The molecule has 0 saturated carbocycles. The highest BCUT2D eigenvalue weighted by atomic mass is 79.9. The van der Waals surface area contributed by atoms with Crippen molar-refractivity contribution >= 4 is 34.2 Å². The van der Waals surface area contributed by atoms with Gasteiger partial charge in [-0.3, -0.25) is 4.79 Å². The third-order valence-electron chi connectivity index (χ3n) is 3.65. The molecule has 1 atom stereocenters. The first-order valence-electron chi connectivity index (χ1n) is 6.86. The molecule has 5 heteroatoms. The zero-order chi connectivity index (χ0) is 13.7. The maximum absolute atomic E-state index is 12.1. The highest BCUT2D eigenvalue weighted by Gasteiger charge is 2.25. The number of amides is 1. The Morgan fingerprint density at radius 2 is 2.30 bits per heavy atom. The van der Waals surface area contributed by atoms with E-state index in [0.717, 1.165) is 36.9 Å². The number of likely N-dealkylation sites (tertiary alicyclic amines) is 1. The van der Waals surface area contributed by atoms with E-state index in [1.54, 1.807) is 0 Å². The van der Waals surface area contributed by atoms with Crippen molar-refractivity contribution in [3.05, 3.63) is 34.3 Å². The molecule has 1 heterocycles. The number of nitrogens with zero attached hydrogens (tertiary/aromatic N) is 1. The summed E-state index contributed by atoms with van der Waals surface area (Å²) in [6.07, 6.45) is 2.57. The molecule has 1 unspecified atom stereocenters. The summed E-state index contributed by atoms with van der Waals surface area (Å²) in [5.41, 5.74) is 1.22. The van der Waals surface area contributed by atoms with E-state index < -0.39 is 0 Å². The van der Waals surface area contributed by atoms with Gasteiger partial charge in [0.25, 0.3) is 0 Å². The lowest BCUT2D eigenvalue weighted by Crippen LogP contribution is -2.30. The summed E-state index contributed by atoms with van der Waals surface area (Å²) >= 11 is 3.46. The minimum atomic E-state index is 0. The summed E-state index contributed by atoms with van der Waals surface area (Å²) in [5, 5.41) is 3.19. The quantitative estimate of drug-likeness (QED) is 0.874. The second-order valence-electron chi connectivity index (χ2n) is 5.18. The van der Waals surface area contributed by atoms with Crippen LogP contribution < -0.4 is 5.32 Å². The van der Waals surface area contributed by atoms with Gasteiger partial charge in [0, 0.05) is 24.0 Å². The zero-order valence-electron chi connectivity index (χ0n) is 11.8. The lowest BCUT2D eigenvalue weighted by Gasteiger charge is -2.16. The van der Waals surface area contributed by atoms with Crippen molar-refractivity contribution in [1.82, 2.24) is 10.2 Å². The lowest BCUT2D eigenvalue weighted by molar-refractivity contribution is -0.130. The van der Waals surface area contributed by atoms with E-state index in [4.69, 9.17) is 0 Å². The number of halogens is 2. The van der Waals surface area contributed by atoms with Crippen LogP contribution in [-0.4, -0.2) is 37.5 Å². The van der Waals surface area contributed by atoms with Crippen LogP contribution in [0, 0.1) is 5.92 Å². The van der Waals surface area contributed by atoms with Crippen molar-refractivity contribution in [3.63, 3.8) is 0 Å². The van der Waals surface area contributed by atoms with E-state index in [1.807, 2.05) is 24.1 Å². The van der Waals surface area contributed by atoms with Gasteiger partial charge in [0.05, 0.1) is 0 Å². The smallest absolute Gasteiger partial charge is 0.222 e. The maximum Gasteiger partial charge on any atom is 0.222 e. The van der Waals surface area contributed by atoms with Crippen LogP contribution in [-0.2, 0) is 11.2 Å². The fourth-order valence-electron chi connectivity index (χ4n) is 2.62. The predicted octanol–water partition coefficient (Wildman–Crippen LogP) is 2.87. The van der Waals surface area contributed by atoms with E-state index in [2.05, 4.69) is 33.4 Å². The minimum Gasteiger partial charge on any atom is -0.342 e. The Balaban J connectivity index is 0.00000200. The number of aryl methyl sites for hydroxylation is 1. The lowest BCUT2D eigenvalue weighted by atomic mass is 10.1. The van der Waals surface area contributed by atoms with Gasteiger partial charge >= 0.3 is 0 Å². The summed E-state index contributed by atoms with van der Waals surface area (Å²) in [7, 11) is 1.97. The number of nitrogens with one attached hydrogen (secondary N) is 1. The standard InChI is InChI=1S/C15H21BrN2O.ClH/c1-17-10-13-7-8-18(11-13)15(19)6-5-12-3-2-4-14(16)9-12;/h2-4,9,13,17H,5-8,10-11H2,1H3;1H. The molecule has 0 spiro atoms. The number of carbonyl (C=O) groups excluding carboxylic acids is 1. The molecule has 1 N–H and O–H groups in total. The Morgan fingerprint density at radius 1 is 1.50 bits per heavy atom. The molecule has 1 saturated heterocycles. The Kier molecular flexibility index (Phi) is 7.56. The minimum absolute atomic E-state index is 0. The van der Waals surface area contributed by atoms with Crippen molar-refractivity contribution in [1.29, 1.82) is 0 Å². The summed E-state index contributed by atoms with van der Waals surface area (Å²) in [5.74, 6) is 0.915. The molecule has 112 valence electrons. The summed E-state index contributed by atoms with van der Waals surface area (Å²) in [4.78, 5) is 14.2. The van der Waals surface area contributed by atoms with Gasteiger partial charge in [-0.15, -0.1) is 12.4 Å². The van der Waals surface area contributed by atoms with Crippen molar-refractivity contribution in [2.75, 3.05) is 26.7 Å². The zero-order valence-corrected chi connectivity index (χ0v) is 14.2. The Morgan fingerprint density at radius 3 is 3.00 bits per heavy atom. The number of hydrogen-bond donors (Lipinski definition) is 1. The fraction of sp³-hybridized carbons (Fsp3) is 0.533. The van der Waals surface area contributed by atoms with Gasteiger partial charge in [-0.2, -0.15) is 0 Å². The van der Waals surface area contributed by atoms with Gasteiger partial charge in [-0.25, -0.2) is 0 Å². The average Bonchev–Trinajstić information content (AvgIpc) is 2.85. The molecule has 0 aliphatic carbocycles. The second kappa shape index (κ2) is 8.65. The van der Waals surface area contributed by atoms with Gasteiger partial charge in [-0.05, 0) is 50.0 Å². The molecule has 0 aromatic heterocycles. The molecule has 1 fully saturated rings. The normalized spacial score (nSPS) is 17.9. The van der Waals surface area contributed by atoms with Crippen molar-refractivity contribution in [2.24, 2.45) is 5.92 Å². The second-order valence-corrected chi connectivity index (χ2v) is 6.10. The number of hydrogen-bond acceptors (Lipinski definition) is 2. The van der Waals surface area contributed by atoms with Crippen molar-refractivity contribution < 1.29 is 4.79 Å². The molecule has 1 aromatic rings. The number of benzene rings is 1. The third-order valence-corrected chi connectivity index (χ3v) is 4.14. The highest BCUT2D eigenvalue weighted by Crippen LogP contribution is 2.18. The van der Waals surface area contributed by atoms with Crippen LogP contribution in [0.3, 0.4) is 0 Å². The van der Waals surface area contributed by atoms with Gasteiger partial charge in [0.15, 0.2) is 0 Å². The molecule has 3 nitrogen and oxygen atoms in total. The number of rotatable bonds is 5. The Bertz CT molecular complexity index is 442. The maximum atomic E-state index is 12.1. The van der Waals surface area contributed by atoms with Crippen LogP contribution >= 0.6 is 28.3 Å². The third kappa shape index (κ3) is 5.08. The van der Waals surface area contributed by atoms with E-state index in [1.165, 1.54) is 5.56 Å². The molecule has 20 heavy (non-hydrogen) atoms. The predicted molar refractivity (Wildman–Crippen MR) is 88.3 cm³/mol. The van der Waals surface area contributed by atoms with Crippen LogP contribution in [0.15, 0.2) is 28.7 Å².